The molecule has 0 aliphatic heterocycles. The first-order valence-electron chi connectivity index (χ1n) is 12.4. The average Bonchev–Trinajstić information content (AvgIpc) is 3.09. The van der Waals surface area contributed by atoms with Crippen molar-refractivity contribution >= 4 is 27.9 Å². The monoisotopic (exact) mass is 465 g/mol. The van der Waals surface area contributed by atoms with Crippen molar-refractivity contribution < 1.29 is 10.2 Å². The van der Waals surface area contributed by atoms with Crippen LogP contribution in [0.15, 0.2) is 53.0 Å². The molecule has 1 aromatic heterocycles. The highest BCUT2D eigenvalue weighted by Crippen LogP contribution is 2.65. The lowest BCUT2D eigenvalue weighted by atomic mass is 9.54. The molecule has 0 radical (unpaired) electrons. The Hall–Kier alpha value is -1.88. The van der Waals surface area contributed by atoms with Crippen molar-refractivity contribution in [1.82, 2.24) is 4.98 Å². The number of rotatable bonds is 1. The quantitative estimate of drug-likeness (QED) is 0.394. The molecule has 2 aromatic rings. The lowest BCUT2D eigenvalue weighted by Gasteiger charge is -2.56. The average molecular weight is 466 g/mol. The molecular weight excluding hydrogens is 434 g/mol. The summed E-state index contributed by atoms with van der Waals surface area (Å²) < 4.78 is 0. The maximum Gasteiger partial charge on any atom is 0.248 e. The van der Waals surface area contributed by atoms with Crippen LogP contribution in [0.4, 0.5) is 0 Å². The molecule has 4 aliphatic rings. The van der Waals surface area contributed by atoms with Crippen molar-refractivity contribution in [3.63, 3.8) is 0 Å². The number of aliphatic hydroxyl groups is 2. The molecule has 0 bridgehead atoms. The van der Waals surface area contributed by atoms with Gasteiger partial charge in [-0.25, -0.2) is 0 Å². The molecule has 5 heteroatoms. The van der Waals surface area contributed by atoms with Crippen LogP contribution in [0.2, 0.25) is 0 Å². The molecule has 0 saturated heterocycles. The number of alkyl halides is 1. The Labute approximate surface area is 199 Å². The third-order valence-electron chi connectivity index (χ3n) is 9.43. The molecule has 33 heavy (non-hydrogen) atoms. The van der Waals surface area contributed by atoms with Crippen LogP contribution in [0.1, 0.15) is 63.9 Å². The van der Waals surface area contributed by atoms with Gasteiger partial charge < -0.3 is 15.2 Å². The normalized spacial score (nSPS) is 40.3. The Morgan fingerprint density at radius 1 is 1.09 bits per heavy atom. The third kappa shape index (κ3) is 3.14. The zero-order valence-corrected chi connectivity index (χ0v) is 19.9. The second kappa shape index (κ2) is 7.31. The summed E-state index contributed by atoms with van der Waals surface area (Å²) in [6, 6.07) is 7.97. The molecule has 0 amide bonds. The first kappa shape index (κ1) is 21.6. The molecule has 2 fully saturated rings. The summed E-state index contributed by atoms with van der Waals surface area (Å²) in [5.74, 6) is 0.473. The number of hydrogen-bond acceptors (Lipinski definition) is 3. The van der Waals surface area contributed by atoms with Gasteiger partial charge in [0, 0.05) is 18.2 Å². The van der Waals surface area contributed by atoms with E-state index in [2.05, 4.69) is 42.3 Å². The van der Waals surface area contributed by atoms with Gasteiger partial charge in [-0.05, 0) is 90.7 Å². The highest BCUT2D eigenvalue weighted by molar-refractivity contribution is 6.26. The highest BCUT2D eigenvalue weighted by Gasteiger charge is 2.64. The Morgan fingerprint density at radius 3 is 2.79 bits per heavy atom. The maximum atomic E-state index is 12.3. The molecule has 3 N–H and O–H groups in total. The van der Waals surface area contributed by atoms with E-state index in [-0.39, 0.29) is 23.0 Å². The Morgan fingerprint density at radius 2 is 1.94 bits per heavy atom. The molecule has 1 heterocycles. The van der Waals surface area contributed by atoms with Crippen molar-refractivity contribution in [2.24, 2.45) is 17.3 Å². The molecule has 6 rings (SSSR count). The van der Waals surface area contributed by atoms with Gasteiger partial charge in [0.15, 0.2) is 0 Å². The largest absolute Gasteiger partial charge is 0.393 e. The summed E-state index contributed by atoms with van der Waals surface area (Å²) in [4.78, 5) is 13.8. The molecular formula is C28H32ClNO3. The number of H-pyrrole nitrogens is 1. The molecule has 0 spiro atoms. The summed E-state index contributed by atoms with van der Waals surface area (Å²) in [5.41, 5.74) is 2.41. The van der Waals surface area contributed by atoms with E-state index in [1.807, 2.05) is 0 Å². The van der Waals surface area contributed by atoms with Gasteiger partial charge in [-0.1, -0.05) is 36.8 Å². The predicted octanol–water partition coefficient (Wildman–Crippen LogP) is 5.32. The topological polar surface area (TPSA) is 73.3 Å². The van der Waals surface area contributed by atoms with E-state index in [0.29, 0.717) is 18.8 Å². The minimum Gasteiger partial charge on any atom is -0.393 e. The van der Waals surface area contributed by atoms with Crippen molar-refractivity contribution in [3.8, 4) is 0 Å². The number of halogens is 1. The maximum absolute atomic E-state index is 12.3. The van der Waals surface area contributed by atoms with E-state index < -0.39 is 10.5 Å². The van der Waals surface area contributed by atoms with Crippen LogP contribution in [0.25, 0.3) is 16.3 Å². The molecule has 4 aliphatic carbocycles. The second-order valence-electron chi connectivity index (χ2n) is 11.1. The van der Waals surface area contributed by atoms with Crippen molar-refractivity contribution in [2.75, 3.05) is 0 Å². The van der Waals surface area contributed by atoms with Crippen LogP contribution in [-0.2, 0) is 0 Å². The first-order chi connectivity index (χ1) is 15.7. The van der Waals surface area contributed by atoms with Crippen molar-refractivity contribution in [3.05, 3.63) is 64.1 Å². The minimum atomic E-state index is -0.983. The predicted molar refractivity (Wildman–Crippen MR) is 132 cm³/mol. The van der Waals surface area contributed by atoms with Gasteiger partial charge in [0.05, 0.1) is 16.6 Å². The standard InChI is InChI=1S/C28H32ClNO3/c1-26-10-11-27(29)15-21-13-22(31)5-4-17(21)8-9-28(27,33)24(26)7-6-23(26)18-2-3-19-16-30-25(32)14-20(19)12-18/h2-3,6,12,14-17,22,24,31,33H,4-5,7-11,13H2,1H3,(H,30,32)/t17?,22?,24?,26?,27?,28-/m0/s1. The number of fused-ring (bicyclic) bond motifs is 5. The number of aliphatic hydroxyl groups excluding tert-OH is 1. The van der Waals surface area contributed by atoms with Crippen LogP contribution in [0, 0.1) is 17.3 Å². The number of benzene rings is 1. The molecule has 2 saturated carbocycles. The Balaban J connectivity index is 1.38. The smallest absolute Gasteiger partial charge is 0.248 e. The number of hydrogen-bond donors (Lipinski definition) is 3. The number of nitrogens with one attached hydrogen (secondary N) is 1. The number of allylic oxidation sites excluding steroid dienone is 2. The summed E-state index contributed by atoms with van der Waals surface area (Å²) in [7, 11) is 0. The van der Waals surface area contributed by atoms with E-state index >= 15 is 0 Å². The summed E-state index contributed by atoms with van der Waals surface area (Å²) in [6.07, 6.45) is 12.5. The molecule has 1 aromatic carbocycles. The van der Waals surface area contributed by atoms with Gasteiger partial charge in [0.2, 0.25) is 5.56 Å². The Bertz CT molecular complexity index is 1250. The van der Waals surface area contributed by atoms with Gasteiger partial charge in [-0.15, -0.1) is 11.6 Å². The number of aromatic amines is 1. The van der Waals surface area contributed by atoms with Gasteiger partial charge in [-0.2, -0.15) is 0 Å². The third-order valence-corrected chi connectivity index (χ3v) is 10.1. The van der Waals surface area contributed by atoms with Crippen LogP contribution in [-0.4, -0.2) is 31.8 Å². The number of pyridine rings is 1. The van der Waals surface area contributed by atoms with Crippen molar-refractivity contribution in [1.29, 1.82) is 0 Å². The van der Waals surface area contributed by atoms with E-state index in [0.717, 1.165) is 54.9 Å². The van der Waals surface area contributed by atoms with Crippen molar-refractivity contribution in [2.45, 2.75) is 74.9 Å². The molecule has 4 nitrogen and oxygen atoms in total. The fraction of sp³-hybridized carbons (Fsp3) is 0.536. The van der Waals surface area contributed by atoms with Crippen LogP contribution in [0.5, 0.6) is 0 Å². The first-order valence-corrected chi connectivity index (χ1v) is 12.7. The lowest BCUT2D eigenvalue weighted by Crippen LogP contribution is -2.61. The summed E-state index contributed by atoms with van der Waals surface area (Å²) in [5, 5.41) is 24.5. The van der Waals surface area contributed by atoms with Crippen LogP contribution >= 0.6 is 11.6 Å². The second-order valence-corrected chi connectivity index (χ2v) is 11.8. The number of aromatic nitrogens is 1. The zero-order valence-electron chi connectivity index (χ0n) is 19.1. The van der Waals surface area contributed by atoms with E-state index in [4.69, 9.17) is 11.6 Å². The molecule has 174 valence electrons. The van der Waals surface area contributed by atoms with Crippen LogP contribution in [0.3, 0.4) is 0 Å². The Kier molecular flexibility index (Phi) is 4.79. The fourth-order valence-corrected chi connectivity index (χ4v) is 8.03. The SMILES string of the molecule is CC12CCC3(Cl)C=C4CC(O)CCC4CC[C@]3(O)C1CC=C2c1ccc2c[nH]c(=O)cc2c1. The van der Waals surface area contributed by atoms with Crippen LogP contribution < -0.4 is 5.56 Å². The lowest BCUT2D eigenvalue weighted by molar-refractivity contribution is -0.106. The molecule has 5 unspecified atom stereocenters. The minimum absolute atomic E-state index is 0.0445. The van der Waals surface area contributed by atoms with Gasteiger partial charge in [-0.3, -0.25) is 4.79 Å². The zero-order chi connectivity index (χ0) is 23.0. The summed E-state index contributed by atoms with van der Waals surface area (Å²) in [6.45, 7) is 2.29. The van der Waals surface area contributed by atoms with Gasteiger partial charge >= 0.3 is 0 Å². The van der Waals surface area contributed by atoms with E-state index in [9.17, 15) is 15.0 Å². The van der Waals surface area contributed by atoms with Gasteiger partial charge in [0.1, 0.15) is 0 Å². The van der Waals surface area contributed by atoms with Gasteiger partial charge in [0.25, 0.3) is 0 Å². The molecule has 6 atom stereocenters. The van der Waals surface area contributed by atoms with E-state index in [1.165, 1.54) is 11.1 Å². The summed E-state index contributed by atoms with van der Waals surface area (Å²) >= 11 is 7.34. The van der Waals surface area contributed by atoms with E-state index in [1.54, 1.807) is 12.3 Å². The fourth-order valence-electron chi connectivity index (χ4n) is 7.57. The highest BCUT2D eigenvalue weighted by atomic mass is 35.5.